The fraction of sp³-hybridized carbons (Fsp3) is 0.250. The van der Waals surface area contributed by atoms with Gasteiger partial charge in [-0.1, -0.05) is 42.5 Å². The molecular formula is C36H39N4O7P. The van der Waals surface area contributed by atoms with Crippen molar-refractivity contribution in [2.45, 2.75) is 33.8 Å². The number of carbonyl (C=O) groups excluding carboxylic acids is 1. The Labute approximate surface area is 280 Å². The zero-order valence-electron chi connectivity index (χ0n) is 27.7. The van der Waals surface area contributed by atoms with E-state index in [9.17, 15) is 9.36 Å². The smallest absolute Gasteiger partial charge is 0.354 e. The Morgan fingerprint density at radius 1 is 0.979 bits per heavy atom. The highest BCUT2D eigenvalue weighted by Gasteiger charge is 2.23. The summed E-state index contributed by atoms with van der Waals surface area (Å²) in [6.45, 7) is 5.97. The number of aromatic nitrogens is 3. The van der Waals surface area contributed by atoms with E-state index >= 15 is 0 Å². The van der Waals surface area contributed by atoms with Gasteiger partial charge in [0.15, 0.2) is 17.3 Å². The Bertz CT molecular complexity index is 1890. The molecule has 48 heavy (non-hydrogen) atoms. The van der Waals surface area contributed by atoms with E-state index in [4.69, 9.17) is 28.0 Å². The van der Waals surface area contributed by atoms with Crippen LogP contribution in [-0.2, 0) is 31.4 Å². The van der Waals surface area contributed by atoms with E-state index in [1.54, 1.807) is 57.1 Å². The Balaban J connectivity index is 1.33. The van der Waals surface area contributed by atoms with Gasteiger partial charge in [-0.2, -0.15) is 0 Å². The second kappa shape index (κ2) is 15.8. The molecule has 0 aliphatic heterocycles. The van der Waals surface area contributed by atoms with Crippen LogP contribution in [-0.4, -0.2) is 48.0 Å². The van der Waals surface area contributed by atoms with Gasteiger partial charge in [-0.05, 0) is 68.8 Å². The van der Waals surface area contributed by atoms with E-state index in [2.05, 4.69) is 4.98 Å². The van der Waals surface area contributed by atoms with Crippen molar-refractivity contribution in [3.63, 3.8) is 0 Å². The van der Waals surface area contributed by atoms with Crippen LogP contribution in [0.5, 0.6) is 11.5 Å². The van der Waals surface area contributed by atoms with Gasteiger partial charge in [0.2, 0.25) is 11.8 Å². The van der Waals surface area contributed by atoms with Crippen LogP contribution in [0.15, 0.2) is 95.3 Å². The highest BCUT2D eigenvalue weighted by Crippen LogP contribution is 2.50. The summed E-state index contributed by atoms with van der Waals surface area (Å²) in [6, 6.07) is 24.5. The molecule has 250 valence electrons. The third-order valence-corrected chi connectivity index (χ3v) is 9.10. The lowest BCUT2D eigenvalue weighted by Crippen LogP contribution is -2.29. The minimum Gasteiger partial charge on any atom is -0.493 e. The van der Waals surface area contributed by atoms with Crippen LogP contribution >= 0.6 is 7.60 Å². The van der Waals surface area contributed by atoms with Gasteiger partial charge in [-0.25, -0.2) is 9.67 Å². The van der Waals surface area contributed by atoms with Gasteiger partial charge in [0.25, 0.3) is 0 Å². The van der Waals surface area contributed by atoms with Gasteiger partial charge in [-0.15, -0.1) is 5.10 Å². The van der Waals surface area contributed by atoms with E-state index < -0.39 is 7.60 Å². The zero-order valence-corrected chi connectivity index (χ0v) is 28.6. The molecule has 2 heterocycles. The molecule has 1 amide bonds. The van der Waals surface area contributed by atoms with E-state index in [0.29, 0.717) is 40.2 Å². The minimum atomic E-state index is -3.49. The molecule has 5 rings (SSSR count). The maximum Gasteiger partial charge on any atom is 0.354 e. The molecule has 0 saturated heterocycles. The number of likely N-dealkylation sites (N-methyl/N-ethyl adjacent to an activating group) is 1. The van der Waals surface area contributed by atoms with Gasteiger partial charge < -0.3 is 22.9 Å². The molecule has 12 heteroatoms. The predicted molar refractivity (Wildman–Crippen MR) is 185 cm³/mol. The van der Waals surface area contributed by atoms with Gasteiger partial charge in [0, 0.05) is 30.2 Å². The molecule has 5 aromatic rings. The number of nitrogens with zero attached hydrogens (tertiary/aromatic N) is 4. The molecule has 0 bridgehead atoms. The number of benzene rings is 3. The molecule has 0 unspecified atom stereocenters. The summed E-state index contributed by atoms with van der Waals surface area (Å²) < 4.78 is 43.2. The minimum absolute atomic E-state index is 0.0632. The van der Waals surface area contributed by atoms with Crippen molar-refractivity contribution in [1.29, 1.82) is 0 Å². The highest BCUT2D eigenvalue weighted by molar-refractivity contribution is 7.57. The molecule has 0 aliphatic rings. The van der Waals surface area contributed by atoms with Crippen molar-refractivity contribution in [3.05, 3.63) is 113 Å². The average Bonchev–Trinajstić information content (AvgIpc) is 3.71. The van der Waals surface area contributed by atoms with Crippen LogP contribution in [0.1, 0.15) is 36.4 Å². The summed E-state index contributed by atoms with van der Waals surface area (Å²) in [7, 11) is -0.286. The van der Waals surface area contributed by atoms with Gasteiger partial charge in [0.1, 0.15) is 18.1 Å². The van der Waals surface area contributed by atoms with Crippen molar-refractivity contribution in [2.24, 2.45) is 0 Å². The molecule has 0 atom stereocenters. The lowest BCUT2D eigenvalue weighted by Gasteiger charge is -2.17. The van der Waals surface area contributed by atoms with Crippen molar-refractivity contribution in [3.8, 4) is 28.6 Å². The number of ether oxygens (including phenoxy) is 2. The number of carbonyl (C=O) groups is 1. The summed E-state index contributed by atoms with van der Waals surface area (Å²) in [5, 5.41) is 4.71. The summed E-state index contributed by atoms with van der Waals surface area (Å²) in [6.07, 6.45) is 3.45. The standard InChI is InChI=1S/C36H39N4O7P/c1-6-45-48(42,46-7-2)21-20-29-24-40(30-16-12-9-13-17-30)38-35(29)39(4)34(41)23-27-18-19-32(33(22-27)43-5)44-25-31-26(3)47-36(37-31)28-14-10-8-11-15-28/h8-22,24H,6-7,23,25H2,1-5H3. The maximum atomic E-state index is 13.6. The van der Waals surface area contributed by atoms with Crippen LogP contribution in [0.3, 0.4) is 0 Å². The van der Waals surface area contributed by atoms with E-state index in [0.717, 1.165) is 16.8 Å². The summed E-state index contributed by atoms with van der Waals surface area (Å²) in [4.78, 5) is 19.7. The number of oxazole rings is 1. The fourth-order valence-electron chi connectivity index (χ4n) is 4.89. The molecule has 0 fully saturated rings. The second-order valence-electron chi connectivity index (χ2n) is 10.7. The van der Waals surface area contributed by atoms with E-state index in [1.165, 1.54) is 10.7 Å². The first-order valence-corrected chi connectivity index (χ1v) is 17.2. The quantitative estimate of drug-likeness (QED) is 0.103. The molecule has 3 aromatic carbocycles. The topological polar surface area (TPSA) is 118 Å². The number of hydrogen-bond donors (Lipinski definition) is 0. The fourth-order valence-corrected chi connectivity index (χ4v) is 6.20. The Morgan fingerprint density at radius 3 is 2.33 bits per heavy atom. The number of hydrogen-bond acceptors (Lipinski definition) is 9. The Morgan fingerprint density at radius 2 is 1.67 bits per heavy atom. The van der Waals surface area contributed by atoms with Crippen molar-refractivity contribution in [2.75, 3.05) is 32.3 Å². The molecular weight excluding hydrogens is 631 g/mol. The zero-order chi connectivity index (χ0) is 34.1. The number of para-hydroxylation sites is 1. The van der Waals surface area contributed by atoms with Gasteiger partial charge in [-0.3, -0.25) is 14.3 Å². The van der Waals surface area contributed by atoms with Crippen LogP contribution in [0.25, 0.3) is 23.2 Å². The molecule has 0 aliphatic carbocycles. The normalized spacial score (nSPS) is 11.6. The lowest BCUT2D eigenvalue weighted by atomic mass is 10.1. The summed E-state index contributed by atoms with van der Waals surface area (Å²) in [5.74, 6) is 3.75. The van der Waals surface area contributed by atoms with Crippen LogP contribution < -0.4 is 14.4 Å². The number of anilines is 1. The Kier molecular flexibility index (Phi) is 11.3. The van der Waals surface area contributed by atoms with E-state index in [-0.39, 0.29) is 32.1 Å². The number of rotatable bonds is 15. The van der Waals surface area contributed by atoms with Crippen molar-refractivity contribution < 1.29 is 32.3 Å². The lowest BCUT2D eigenvalue weighted by molar-refractivity contribution is -0.117. The van der Waals surface area contributed by atoms with Crippen molar-refractivity contribution >= 4 is 25.4 Å². The number of amides is 1. The van der Waals surface area contributed by atoms with Crippen LogP contribution in [0.4, 0.5) is 5.82 Å². The maximum absolute atomic E-state index is 13.6. The first kappa shape index (κ1) is 34.4. The molecule has 0 N–H and O–H groups in total. The van der Waals surface area contributed by atoms with Crippen molar-refractivity contribution in [1.82, 2.24) is 14.8 Å². The summed E-state index contributed by atoms with van der Waals surface area (Å²) >= 11 is 0. The van der Waals surface area contributed by atoms with Crippen LogP contribution in [0.2, 0.25) is 0 Å². The molecule has 11 nitrogen and oxygen atoms in total. The number of methoxy groups -OCH3 is 1. The largest absolute Gasteiger partial charge is 0.493 e. The Hall–Kier alpha value is -4.96. The van der Waals surface area contributed by atoms with Gasteiger partial charge in [0.05, 0.1) is 32.4 Å². The molecule has 0 saturated carbocycles. The third-order valence-electron chi connectivity index (χ3n) is 7.35. The molecule has 2 aromatic heterocycles. The summed E-state index contributed by atoms with van der Waals surface area (Å²) in [5.41, 5.74) is 3.64. The first-order chi connectivity index (χ1) is 23.2. The SMILES string of the molecule is CCOP(=O)(C=Cc1cn(-c2ccccc2)nc1N(C)C(=O)Cc1ccc(OCc2nc(-c3ccccc3)oc2C)c(OC)c1)OCC. The van der Waals surface area contributed by atoms with Crippen LogP contribution in [0, 0.1) is 6.92 Å². The van der Waals surface area contributed by atoms with E-state index in [1.807, 2.05) is 73.7 Å². The predicted octanol–water partition coefficient (Wildman–Crippen LogP) is 7.87. The monoisotopic (exact) mass is 670 g/mol. The second-order valence-corrected chi connectivity index (χ2v) is 12.6. The third kappa shape index (κ3) is 8.30. The molecule has 0 spiro atoms. The highest BCUT2D eigenvalue weighted by atomic mass is 31.2. The van der Waals surface area contributed by atoms with Gasteiger partial charge >= 0.3 is 7.60 Å². The number of aryl methyl sites for hydroxylation is 1. The average molecular weight is 671 g/mol. The molecule has 0 radical (unpaired) electrons. The first-order valence-electron chi connectivity index (χ1n) is 15.5.